The summed E-state index contributed by atoms with van der Waals surface area (Å²) in [7, 11) is 0. The number of carbonyl (C=O) groups excluding carboxylic acids is 2. The Balaban J connectivity index is 1.69. The largest absolute Gasteiger partial charge is 0.352 e. The third-order valence-corrected chi connectivity index (χ3v) is 4.64. The second kappa shape index (κ2) is 8.63. The molecule has 2 amide bonds. The number of nitrogens with one attached hydrogen (secondary N) is 3. The van der Waals surface area contributed by atoms with Gasteiger partial charge in [-0.05, 0) is 37.6 Å². The van der Waals surface area contributed by atoms with Crippen LogP contribution in [0.2, 0.25) is 0 Å². The van der Waals surface area contributed by atoms with E-state index < -0.39 is 0 Å². The van der Waals surface area contributed by atoms with Crippen molar-refractivity contribution in [2.45, 2.75) is 31.8 Å². The average Bonchev–Trinajstić information content (AvgIpc) is 3.15. The van der Waals surface area contributed by atoms with E-state index in [1.807, 2.05) is 49.4 Å². The van der Waals surface area contributed by atoms with Crippen LogP contribution in [0.4, 0.5) is 0 Å². The molecule has 0 radical (unpaired) electrons. The molecule has 1 saturated heterocycles. The van der Waals surface area contributed by atoms with Gasteiger partial charge in [-0.3, -0.25) is 9.59 Å². The highest BCUT2D eigenvalue weighted by molar-refractivity contribution is 5.94. The highest BCUT2D eigenvalue weighted by atomic mass is 16.2. The van der Waals surface area contributed by atoms with Gasteiger partial charge in [0.25, 0.3) is 5.91 Å². The molecule has 136 valence electrons. The summed E-state index contributed by atoms with van der Waals surface area (Å²) in [6.45, 7) is 3.71. The number of hydrogen-bond donors (Lipinski definition) is 3. The van der Waals surface area contributed by atoms with E-state index in [4.69, 9.17) is 0 Å². The Morgan fingerprint density at radius 2 is 1.85 bits per heavy atom. The van der Waals surface area contributed by atoms with Gasteiger partial charge in [-0.25, -0.2) is 0 Å². The summed E-state index contributed by atoms with van der Waals surface area (Å²) in [4.78, 5) is 25.1. The number of amides is 2. The Bertz CT molecular complexity index is 738. The fourth-order valence-electron chi connectivity index (χ4n) is 3.13. The van der Waals surface area contributed by atoms with Crippen molar-refractivity contribution < 1.29 is 9.59 Å². The highest BCUT2D eigenvalue weighted by Crippen LogP contribution is 2.18. The van der Waals surface area contributed by atoms with Gasteiger partial charge in [0.05, 0.1) is 12.5 Å². The summed E-state index contributed by atoms with van der Waals surface area (Å²) >= 11 is 0. The van der Waals surface area contributed by atoms with E-state index in [1.54, 1.807) is 12.1 Å². The van der Waals surface area contributed by atoms with Crippen LogP contribution in [-0.4, -0.2) is 30.9 Å². The number of rotatable bonds is 6. The molecule has 2 aromatic carbocycles. The quantitative estimate of drug-likeness (QED) is 0.748. The zero-order valence-corrected chi connectivity index (χ0v) is 15.0. The van der Waals surface area contributed by atoms with Crippen LogP contribution in [0.15, 0.2) is 54.6 Å². The Morgan fingerprint density at radius 3 is 2.50 bits per heavy atom. The minimum absolute atomic E-state index is 0.0447. The van der Waals surface area contributed by atoms with Crippen LogP contribution >= 0.6 is 0 Å². The fourth-order valence-corrected chi connectivity index (χ4v) is 3.13. The van der Waals surface area contributed by atoms with E-state index in [9.17, 15) is 9.59 Å². The maximum atomic E-state index is 12.6. The van der Waals surface area contributed by atoms with Gasteiger partial charge in [-0.15, -0.1) is 0 Å². The summed E-state index contributed by atoms with van der Waals surface area (Å²) in [6.07, 6.45) is 1.16. The molecule has 0 spiro atoms. The Hall–Kier alpha value is -2.66. The third kappa shape index (κ3) is 4.92. The molecular formula is C21H25N3O2. The van der Waals surface area contributed by atoms with Crippen LogP contribution in [0.25, 0.3) is 0 Å². The highest BCUT2D eigenvalue weighted by Gasteiger charge is 2.22. The zero-order valence-electron chi connectivity index (χ0n) is 15.0. The van der Waals surface area contributed by atoms with E-state index >= 15 is 0 Å². The lowest BCUT2D eigenvalue weighted by Crippen LogP contribution is -2.39. The molecule has 3 N–H and O–H groups in total. The number of benzene rings is 2. The first-order valence-electron chi connectivity index (χ1n) is 9.04. The van der Waals surface area contributed by atoms with Crippen LogP contribution in [0, 0.1) is 6.92 Å². The summed E-state index contributed by atoms with van der Waals surface area (Å²) < 4.78 is 0. The number of aryl methyl sites for hydroxylation is 1. The Kier molecular flexibility index (Phi) is 6.02. The van der Waals surface area contributed by atoms with Gasteiger partial charge < -0.3 is 16.0 Å². The van der Waals surface area contributed by atoms with Gasteiger partial charge in [0.2, 0.25) is 5.91 Å². The molecule has 2 aromatic rings. The number of carbonyl (C=O) groups is 2. The Labute approximate surface area is 154 Å². The normalized spacial score (nSPS) is 17.5. The van der Waals surface area contributed by atoms with Crippen LogP contribution < -0.4 is 16.0 Å². The molecule has 0 saturated carbocycles. The van der Waals surface area contributed by atoms with Crippen molar-refractivity contribution in [2.75, 3.05) is 13.1 Å². The SMILES string of the molecule is Cc1ccc(C(=O)NC(CC(=O)NC2CCNC2)c2ccccc2)cc1. The van der Waals surface area contributed by atoms with Gasteiger partial charge >= 0.3 is 0 Å². The first-order chi connectivity index (χ1) is 12.6. The van der Waals surface area contributed by atoms with Crippen LogP contribution in [0.3, 0.4) is 0 Å². The smallest absolute Gasteiger partial charge is 0.251 e. The Morgan fingerprint density at radius 1 is 1.12 bits per heavy atom. The van der Waals surface area contributed by atoms with Gasteiger partial charge in [0.15, 0.2) is 0 Å². The van der Waals surface area contributed by atoms with Crippen molar-refractivity contribution in [3.05, 3.63) is 71.3 Å². The van der Waals surface area contributed by atoms with Crippen molar-refractivity contribution in [2.24, 2.45) is 0 Å². The minimum Gasteiger partial charge on any atom is -0.352 e. The molecule has 0 aliphatic carbocycles. The average molecular weight is 351 g/mol. The first-order valence-corrected chi connectivity index (χ1v) is 9.04. The lowest BCUT2D eigenvalue weighted by molar-refractivity contribution is -0.122. The number of hydrogen-bond acceptors (Lipinski definition) is 3. The van der Waals surface area contributed by atoms with Crippen LogP contribution in [-0.2, 0) is 4.79 Å². The molecule has 26 heavy (non-hydrogen) atoms. The van der Waals surface area contributed by atoms with Gasteiger partial charge in [0, 0.05) is 18.2 Å². The molecule has 0 aromatic heterocycles. The summed E-state index contributed by atoms with van der Waals surface area (Å²) in [5.74, 6) is -0.217. The standard InChI is InChI=1S/C21H25N3O2/c1-15-7-9-17(10-8-15)21(26)24-19(16-5-3-2-4-6-16)13-20(25)23-18-11-12-22-14-18/h2-10,18-19,22H,11-14H2,1H3,(H,23,25)(H,24,26). The van der Waals surface area contributed by atoms with Crippen LogP contribution in [0.5, 0.6) is 0 Å². The lowest BCUT2D eigenvalue weighted by atomic mass is 10.0. The molecule has 5 heteroatoms. The lowest BCUT2D eigenvalue weighted by Gasteiger charge is -2.20. The molecule has 1 fully saturated rings. The predicted molar refractivity (Wildman–Crippen MR) is 102 cm³/mol. The van der Waals surface area contributed by atoms with E-state index in [2.05, 4.69) is 16.0 Å². The fraction of sp³-hybridized carbons (Fsp3) is 0.333. The van der Waals surface area contributed by atoms with Crippen molar-refractivity contribution in [1.29, 1.82) is 0 Å². The third-order valence-electron chi connectivity index (χ3n) is 4.64. The molecule has 1 aliphatic rings. The summed E-state index contributed by atoms with van der Waals surface area (Å²) in [5, 5.41) is 9.29. The molecule has 3 rings (SSSR count). The summed E-state index contributed by atoms with van der Waals surface area (Å²) in [5.41, 5.74) is 2.62. The van der Waals surface area contributed by atoms with Gasteiger partial charge in [0.1, 0.15) is 0 Å². The van der Waals surface area contributed by atoms with Crippen molar-refractivity contribution >= 4 is 11.8 Å². The van der Waals surface area contributed by atoms with E-state index in [0.717, 1.165) is 30.6 Å². The topological polar surface area (TPSA) is 70.2 Å². The minimum atomic E-state index is -0.362. The molecule has 5 nitrogen and oxygen atoms in total. The monoisotopic (exact) mass is 351 g/mol. The van der Waals surface area contributed by atoms with E-state index in [0.29, 0.717) is 5.56 Å². The summed E-state index contributed by atoms with van der Waals surface area (Å²) in [6, 6.07) is 16.9. The van der Waals surface area contributed by atoms with Crippen molar-refractivity contribution in [3.8, 4) is 0 Å². The van der Waals surface area contributed by atoms with Gasteiger partial charge in [-0.2, -0.15) is 0 Å². The molecule has 1 heterocycles. The van der Waals surface area contributed by atoms with E-state index in [-0.39, 0.29) is 30.3 Å². The zero-order chi connectivity index (χ0) is 18.4. The predicted octanol–water partition coefficient (Wildman–Crippen LogP) is 2.33. The maximum absolute atomic E-state index is 12.6. The second-order valence-electron chi connectivity index (χ2n) is 6.76. The molecule has 2 atom stereocenters. The van der Waals surface area contributed by atoms with Gasteiger partial charge in [-0.1, -0.05) is 48.0 Å². The molecule has 1 aliphatic heterocycles. The first kappa shape index (κ1) is 18.1. The molecule has 0 bridgehead atoms. The molecular weight excluding hydrogens is 326 g/mol. The maximum Gasteiger partial charge on any atom is 0.251 e. The second-order valence-corrected chi connectivity index (χ2v) is 6.76. The van der Waals surface area contributed by atoms with Crippen LogP contribution in [0.1, 0.15) is 40.4 Å². The van der Waals surface area contributed by atoms with Crippen molar-refractivity contribution in [3.63, 3.8) is 0 Å². The van der Waals surface area contributed by atoms with E-state index in [1.165, 1.54) is 0 Å². The van der Waals surface area contributed by atoms with Crippen molar-refractivity contribution in [1.82, 2.24) is 16.0 Å². The molecule has 2 unspecified atom stereocenters.